The molecule has 4 heterocycles. The van der Waals surface area contributed by atoms with Crippen molar-refractivity contribution in [1.29, 1.82) is 0 Å². The van der Waals surface area contributed by atoms with Crippen molar-refractivity contribution in [2.75, 3.05) is 0 Å². The van der Waals surface area contributed by atoms with Gasteiger partial charge in [0.2, 0.25) is 10.0 Å². The van der Waals surface area contributed by atoms with Gasteiger partial charge in [0.25, 0.3) is 0 Å². The zero-order valence-electron chi connectivity index (χ0n) is 16.7. The molecule has 0 radical (unpaired) electrons. The van der Waals surface area contributed by atoms with Crippen molar-refractivity contribution in [3.63, 3.8) is 0 Å². The van der Waals surface area contributed by atoms with Crippen LogP contribution in [0.15, 0.2) is 41.4 Å². The molecule has 2 aliphatic rings. The van der Waals surface area contributed by atoms with E-state index in [2.05, 4.69) is 10.1 Å². The highest BCUT2D eigenvalue weighted by Gasteiger charge is 2.48. The zero-order chi connectivity index (χ0) is 20.3. The molecule has 0 saturated carbocycles. The van der Waals surface area contributed by atoms with Gasteiger partial charge in [-0.05, 0) is 26.7 Å². The average molecular weight is 410 g/mol. The number of rotatable bonds is 3. The van der Waals surface area contributed by atoms with Gasteiger partial charge in [-0.1, -0.05) is 30.3 Å². The van der Waals surface area contributed by atoms with Gasteiger partial charge in [-0.3, -0.25) is 4.68 Å². The Morgan fingerprint density at radius 3 is 2.55 bits per heavy atom. The highest BCUT2D eigenvalue weighted by atomic mass is 32.2. The molecule has 0 amide bonds. The SMILES string of the molecule is Cc1nn(C)c(C)c1S(=O)(=O)N1[C@H]2CC[C@@H]1c1cnc(-c3ccccc3)nc1C2. The lowest BCUT2D eigenvalue weighted by atomic mass is 10.0. The molecule has 2 bridgehead atoms. The molecule has 2 aliphatic heterocycles. The molecule has 0 N–H and O–H groups in total. The van der Waals surface area contributed by atoms with Crippen LogP contribution in [0.2, 0.25) is 0 Å². The lowest BCUT2D eigenvalue weighted by Gasteiger charge is -2.34. The first-order valence-corrected chi connectivity index (χ1v) is 11.3. The van der Waals surface area contributed by atoms with Gasteiger partial charge in [-0.2, -0.15) is 9.40 Å². The van der Waals surface area contributed by atoms with Gasteiger partial charge in [-0.15, -0.1) is 0 Å². The van der Waals surface area contributed by atoms with E-state index in [-0.39, 0.29) is 12.1 Å². The molecule has 5 rings (SSSR count). The first kappa shape index (κ1) is 18.4. The minimum atomic E-state index is -3.65. The third-order valence-electron chi connectivity index (χ3n) is 6.14. The van der Waals surface area contributed by atoms with Crippen molar-refractivity contribution in [2.24, 2.45) is 7.05 Å². The van der Waals surface area contributed by atoms with Crippen molar-refractivity contribution in [2.45, 2.75) is 50.1 Å². The van der Waals surface area contributed by atoms with Crippen molar-refractivity contribution < 1.29 is 8.42 Å². The lowest BCUT2D eigenvalue weighted by Crippen LogP contribution is -2.42. The van der Waals surface area contributed by atoms with Crippen LogP contribution < -0.4 is 0 Å². The third kappa shape index (κ3) is 2.73. The second-order valence-electron chi connectivity index (χ2n) is 7.87. The maximum Gasteiger partial charge on any atom is 0.247 e. The van der Waals surface area contributed by atoms with Crippen LogP contribution in [0, 0.1) is 13.8 Å². The molecule has 1 fully saturated rings. The number of aryl methyl sites for hydroxylation is 2. The van der Waals surface area contributed by atoms with Crippen LogP contribution in [0.4, 0.5) is 0 Å². The van der Waals surface area contributed by atoms with E-state index in [1.807, 2.05) is 43.5 Å². The molecule has 1 aromatic carbocycles. The summed E-state index contributed by atoms with van der Waals surface area (Å²) in [5.41, 5.74) is 4.09. The molecule has 0 unspecified atom stereocenters. The van der Waals surface area contributed by atoms with Gasteiger partial charge in [-0.25, -0.2) is 18.4 Å². The number of hydrogen-bond donors (Lipinski definition) is 0. The monoisotopic (exact) mass is 409 g/mol. The van der Waals surface area contributed by atoms with E-state index in [0.717, 1.165) is 29.7 Å². The Bertz CT molecular complexity index is 1200. The van der Waals surface area contributed by atoms with Crippen LogP contribution in [0.5, 0.6) is 0 Å². The van der Waals surface area contributed by atoms with Gasteiger partial charge >= 0.3 is 0 Å². The molecular formula is C21H23N5O2S. The van der Waals surface area contributed by atoms with E-state index in [0.29, 0.717) is 28.5 Å². The lowest BCUT2D eigenvalue weighted by molar-refractivity contribution is 0.300. The summed E-state index contributed by atoms with van der Waals surface area (Å²) in [4.78, 5) is 9.70. The minimum absolute atomic E-state index is 0.0740. The summed E-state index contributed by atoms with van der Waals surface area (Å²) in [6.07, 6.45) is 4.07. The second kappa shape index (κ2) is 6.47. The van der Waals surface area contributed by atoms with E-state index in [1.165, 1.54) is 0 Å². The van der Waals surface area contributed by atoms with Crippen molar-refractivity contribution in [3.05, 3.63) is 59.2 Å². The fourth-order valence-corrected chi connectivity index (χ4v) is 7.02. The summed E-state index contributed by atoms with van der Waals surface area (Å²) in [5, 5.41) is 4.32. The number of sulfonamides is 1. The van der Waals surface area contributed by atoms with Gasteiger partial charge < -0.3 is 0 Å². The molecule has 0 spiro atoms. The minimum Gasteiger partial charge on any atom is -0.271 e. The third-order valence-corrected chi connectivity index (χ3v) is 8.35. The van der Waals surface area contributed by atoms with Crippen LogP contribution in [0.25, 0.3) is 11.4 Å². The average Bonchev–Trinajstić information content (AvgIpc) is 3.17. The topological polar surface area (TPSA) is 81.0 Å². The van der Waals surface area contributed by atoms with Gasteiger partial charge in [0.1, 0.15) is 4.90 Å². The van der Waals surface area contributed by atoms with Gasteiger partial charge in [0.05, 0.1) is 23.1 Å². The summed E-state index contributed by atoms with van der Waals surface area (Å²) in [5.74, 6) is 0.694. The van der Waals surface area contributed by atoms with Crippen LogP contribution in [0.3, 0.4) is 0 Å². The van der Waals surface area contributed by atoms with E-state index < -0.39 is 10.0 Å². The van der Waals surface area contributed by atoms with E-state index >= 15 is 0 Å². The number of fused-ring (bicyclic) bond motifs is 4. The first-order chi connectivity index (χ1) is 13.9. The Hall–Kier alpha value is -2.58. The van der Waals surface area contributed by atoms with Crippen molar-refractivity contribution >= 4 is 10.0 Å². The van der Waals surface area contributed by atoms with Gasteiger partial charge in [0.15, 0.2) is 5.82 Å². The van der Waals surface area contributed by atoms with Crippen molar-refractivity contribution in [3.8, 4) is 11.4 Å². The molecular weight excluding hydrogens is 386 g/mol. The largest absolute Gasteiger partial charge is 0.271 e. The normalized spacial score (nSPS) is 21.3. The molecule has 2 aromatic heterocycles. The van der Waals surface area contributed by atoms with Crippen LogP contribution >= 0.6 is 0 Å². The quantitative estimate of drug-likeness (QED) is 0.664. The smallest absolute Gasteiger partial charge is 0.247 e. The Morgan fingerprint density at radius 2 is 1.86 bits per heavy atom. The Morgan fingerprint density at radius 1 is 1.10 bits per heavy atom. The van der Waals surface area contributed by atoms with E-state index in [4.69, 9.17) is 4.98 Å². The summed E-state index contributed by atoms with van der Waals surface area (Å²) >= 11 is 0. The van der Waals surface area contributed by atoms with Crippen molar-refractivity contribution in [1.82, 2.24) is 24.1 Å². The summed E-state index contributed by atoms with van der Waals surface area (Å²) in [6, 6.07) is 9.59. The zero-order valence-corrected chi connectivity index (χ0v) is 17.5. The number of nitrogens with zero attached hydrogens (tertiary/aromatic N) is 5. The van der Waals surface area contributed by atoms with Crippen LogP contribution in [-0.2, 0) is 23.5 Å². The molecule has 150 valence electrons. The maximum atomic E-state index is 13.6. The molecule has 29 heavy (non-hydrogen) atoms. The van der Waals surface area contributed by atoms with E-state index in [1.54, 1.807) is 23.0 Å². The van der Waals surface area contributed by atoms with E-state index in [9.17, 15) is 8.42 Å². The summed E-state index contributed by atoms with van der Waals surface area (Å²) < 4.78 is 30.6. The van der Waals surface area contributed by atoms with Crippen LogP contribution in [-0.4, -0.2) is 38.5 Å². The predicted molar refractivity (Wildman–Crippen MR) is 109 cm³/mol. The molecule has 1 saturated heterocycles. The Balaban J connectivity index is 1.57. The fourth-order valence-electron chi connectivity index (χ4n) is 4.76. The number of hydrogen-bond acceptors (Lipinski definition) is 5. The highest BCUT2D eigenvalue weighted by molar-refractivity contribution is 7.89. The number of aromatic nitrogens is 4. The molecule has 0 aliphatic carbocycles. The maximum absolute atomic E-state index is 13.6. The van der Waals surface area contributed by atoms with Gasteiger partial charge in [0, 0.05) is 36.8 Å². The van der Waals surface area contributed by atoms with Crippen LogP contribution in [0.1, 0.15) is 41.5 Å². The number of benzene rings is 1. The molecule has 8 heteroatoms. The highest BCUT2D eigenvalue weighted by Crippen LogP contribution is 2.46. The first-order valence-electron chi connectivity index (χ1n) is 9.83. The Kier molecular flexibility index (Phi) is 4.11. The summed E-state index contributed by atoms with van der Waals surface area (Å²) in [6.45, 7) is 3.57. The molecule has 7 nitrogen and oxygen atoms in total. The Labute approximate surface area is 170 Å². The molecule has 2 atom stereocenters. The predicted octanol–water partition coefficient (Wildman–Crippen LogP) is 2.94. The molecule has 3 aromatic rings. The summed E-state index contributed by atoms with van der Waals surface area (Å²) in [7, 11) is -1.87. The fraction of sp³-hybridized carbons (Fsp3) is 0.381. The second-order valence-corrected chi connectivity index (χ2v) is 9.65. The standard InChI is InChI=1S/C21H23N5O2S/c1-13-20(14(2)25(3)24-13)29(27,28)26-16-9-10-19(26)17-12-22-21(23-18(17)11-16)15-7-5-4-6-8-15/h4-8,12,16,19H,9-11H2,1-3H3/t16-,19+/m0/s1.